The van der Waals surface area contributed by atoms with Crippen LogP contribution < -0.4 is 0 Å². The number of hydrogen-bond donors (Lipinski definition) is 0. The molecular formula is C9H11NS. The van der Waals surface area contributed by atoms with Gasteiger partial charge in [0.1, 0.15) is 0 Å². The average molecular weight is 165 g/mol. The first-order valence-corrected chi connectivity index (χ1v) is 4.66. The van der Waals surface area contributed by atoms with Crippen molar-refractivity contribution in [3.8, 4) is 0 Å². The summed E-state index contributed by atoms with van der Waals surface area (Å²) in [6, 6.07) is 5.72. The Morgan fingerprint density at radius 1 is 1.09 bits per heavy atom. The number of aromatic nitrogens is 1. The maximum absolute atomic E-state index is 3.78. The van der Waals surface area contributed by atoms with Crippen molar-refractivity contribution in [3.05, 3.63) is 42.1 Å². The van der Waals surface area contributed by atoms with Crippen LogP contribution in [0.4, 0.5) is 0 Å². The van der Waals surface area contributed by atoms with E-state index < -0.39 is 0 Å². The minimum Gasteiger partial charge on any atom is -0.265 e. The van der Waals surface area contributed by atoms with Gasteiger partial charge in [0.2, 0.25) is 0 Å². The first kappa shape index (κ1) is 8.34. The van der Waals surface area contributed by atoms with Gasteiger partial charge in [-0.15, -0.1) is 11.8 Å². The van der Waals surface area contributed by atoms with E-state index in [2.05, 4.69) is 16.5 Å². The van der Waals surface area contributed by atoms with Crippen LogP contribution in [-0.2, 0) is 0 Å². The highest BCUT2D eigenvalue weighted by Gasteiger charge is 1.85. The zero-order chi connectivity index (χ0) is 7.78. The molecule has 2 rings (SSSR count). The molecule has 0 bridgehead atoms. The maximum atomic E-state index is 3.78. The van der Waals surface area contributed by atoms with E-state index in [4.69, 9.17) is 0 Å². The van der Waals surface area contributed by atoms with Crippen molar-refractivity contribution in [1.82, 2.24) is 4.98 Å². The first-order valence-electron chi connectivity index (χ1n) is 3.62. The molecule has 0 N–H and O–H groups in total. The normalized spacial score (nSPS) is 13.8. The molecule has 0 aromatic carbocycles. The Hall–Kier alpha value is -0.760. The van der Waals surface area contributed by atoms with Gasteiger partial charge in [-0.2, -0.15) is 0 Å². The topological polar surface area (TPSA) is 12.9 Å². The van der Waals surface area contributed by atoms with Crippen LogP contribution >= 0.6 is 11.8 Å². The van der Waals surface area contributed by atoms with Crippen molar-refractivity contribution in [1.29, 1.82) is 0 Å². The number of rotatable bonds is 0. The van der Waals surface area contributed by atoms with Gasteiger partial charge in [-0.25, -0.2) is 0 Å². The van der Waals surface area contributed by atoms with Crippen molar-refractivity contribution in [2.75, 3.05) is 5.75 Å². The van der Waals surface area contributed by atoms with Crippen LogP contribution in [0.3, 0.4) is 0 Å². The van der Waals surface area contributed by atoms with Gasteiger partial charge in [0.05, 0.1) is 0 Å². The third kappa shape index (κ3) is 4.62. The summed E-state index contributed by atoms with van der Waals surface area (Å²) in [5.74, 6) is 1.31. The largest absolute Gasteiger partial charge is 0.265 e. The molecule has 0 saturated heterocycles. The quantitative estimate of drug-likeness (QED) is 0.586. The summed E-state index contributed by atoms with van der Waals surface area (Å²) in [5.41, 5.74) is 0. The molecule has 1 aliphatic heterocycles. The Balaban J connectivity index is 0.000000112. The summed E-state index contributed by atoms with van der Waals surface area (Å²) in [5, 5.41) is 2.15. The fourth-order valence-corrected chi connectivity index (χ4v) is 1.33. The van der Waals surface area contributed by atoms with Gasteiger partial charge in [-0.05, 0) is 24.0 Å². The number of hydrogen-bond acceptors (Lipinski definition) is 2. The monoisotopic (exact) mass is 165 g/mol. The van der Waals surface area contributed by atoms with Crippen LogP contribution in [-0.4, -0.2) is 10.7 Å². The highest BCUT2D eigenvalue weighted by atomic mass is 32.2. The molecular weight excluding hydrogens is 154 g/mol. The molecule has 0 aliphatic carbocycles. The van der Waals surface area contributed by atoms with E-state index in [1.807, 2.05) is 30.0 Å². The van der Waals surface area contributed by atoms with E-state index in [0.717, 1.165) is 0 Å². The summed E-state index contributed by atoms with van der Waals surface area (Å²) in [7, 11) is 0. The molecule has 0 spiro atoms. The summed E-state index contributed by atoms with van der Waals surface area (Å²) in [6.45, 7) is 0. The van der Waals surface area contributed by atoms with E-state index in [9.17, 15) is 0 Å². The van der Waals surface area contributed by atoms with Crippen molar-refractivity contribution in [3.63, 3.8) is 0 Å². The average Bonchev–Trinajstić information content (AvgIpc) is 2.64. The molecule has 58 valence electrons. The van der Waals surface area contributed by atoms with Gasteiger partial charge in [0.25, 0.3) is 0 Å². The Labute approximate surface area is 71.5 Å². The zero-order valence-corrected chi connectivity index (χ0v) is 7.13. The van der Waals surface area contributed by atoms with Crippen molar-refractivity contribution in [2.24, 2.45) is 0 Å². The minimum absolute atomic E-state index is 1.28. The van der Waals surface area contributed by atoms with E-state index in [0.29, 0.717) is 0 Å². The molecule has 1 aromatic rings. The molecule has 0 unspecified atom stereocenters. The number of pyridine rings is 1. The lowest BCUT2D eigenvalue weighted by molar-refractivity contribution is 1.28. The van der Waals surface area contributed by atoms with Gasteiger partial charge in [-0.1, -0.05) is 12.1 Å². The minimum atomic E-state index is 1.28. The Kier molecular flexibility index (Phi) is 4.54. The highest BCUT2D eigenvalue weighted by molar-refractivity contribution is 8.02. The summed E-state index contributed by atoms with van der Waals surface area (Å²) in [4.78, 5) is 3.78. The highest BCUT2D eigenvalue weighted by Crippen LogP contribution is 2.11. The van der Waals surface area contributed by atoms with Crippen LogP contribution in [0.2, 0.25) is 0 Å². The second-order valence-corrected chi connectivity index (χ2v) is 3.07. The Morgan fingerprint density at radius 2 is 1.91 bits per heavy atom. The first-order chi connectivity index (χ1) is 5.50. The molecule has 1 aliphatic rings. The molecule has 2 heterocycles. The van der Waals surface area contributed by atoms with Crippen molar-refractivity contribution in [2.45, 2.75) is 6.42 Å². The molecule has 1 nitrogen and oxygen atoms in total. The van der Waals surface area contributed by atoms with Gasteiger partial charge in [0, 0.05) is 18.1 Å². The fourth-order valence-electron chi connectivity index (χ4n) is 0.653. The predicted octanol–water partition coefficient (Wildman–Crippen LogP) is 2.72. The number of thioether (sulfide) groups is 1. The zero-order valence-electron chi connectivity index (χ0n) is 6.31. The van der Waals surface area contributed by atoms with Crippen LogP contribution in [0.25, 0.3) is 0 Å². The van der Waals surface area contributed by atoms with Crippen LogP contribution in [0.1, 0.15) is 6.42 Å². The molecule has 0 radical (unpaired) electrons. The van der Waals surface area contributed by atoms with E-state index in [1.165, 1.54) is 12.2 Å². The van der Waals surface area contributed by atoms with E-state index in [-0.39, 0.29) is 0 Å². The molecule has 0 saturated carbocycles. The molecule has 0 atom stereocenters. The summed E-state index contributed by atoms with van der Waals surface area (Å²) in [6.07, 6.45) is 6.98. The van der Waals surface area contributed by atoms with E-state index >= 15 is 0 Å². The van der Waals surface area contributed by atoms with Gasteiger partial charge >= 0.3 is 0 Å². The van der Waals surface area contributed by atoms with Crippen molar-refractivity contribution >= 4 is 11.8 Å². The van der Waals surface area contributed by atoms with Crippen LogP contribution in [0.15, 0.2) is 42.1 Å². The lowest BCUT2D eigenvalue weighted by Crippen LogP contribution is -1.58. The van der Waals surface area contributed by atoms with Crippen molar-refractivity contribution < 1.29 is 0 Å². The smallest absolute Gasteiger partial charge is 0.0267 e. The fraction of sp³-hybridized carbons (Fsp3) is 0.222. The van der Waals surface area contributed by atoms with Crippen LogP contribution in [0, 0.1) is 0 Å². The molecule has 2 heteroatoms. The predicted molar refractivity (Wildman–Crippen MR) is 50.5 cm³/mol. The molecule has 0 fully saturated rings. The van der Waals surface area contributed by atoms with Gasteiger partial charge in [0.15, 0.2) is 0 Å². The number of allylic oxidation sites excluding steroid dienone is 1. The Bertz CT molecular complexity index is 163. The SMILES string of the molecule is C1=CSCC1.c1ccncc1. The van der Waals surface area contributed by atoms with Crippen LogP contribution in [0.5, 0.6) is 0 Å². The van der Waals surface area contributed by atoms with Gasteiger partial charge < -0.3 is 0 Å². The maximum Gasteiger partial charge on any atom is 0.0267 e. The Morgan fingerprint density at radius 3 is 2.09 bits per heavy atom. The molecule has 11 heavy (non-hydrogen) atoms. The van der Waals surface area contributed by atoms with Gasteiger partial charge in [-0.3, -0.25) is 4.98 Å². The van der Waals surface area contributed by atoms with E-state index in [1.54, 1.807) is 12.4 Å². The molecule has 1 aromatic heterocycles. The third-order valence-corrected chi connectivity index (χ3v) is 2.02. The third-order valence-electron chi connectivity index (χ3n) is 1.16. The standard InChI is InChI=1S/C5H5N.C4H6S/c1-2-4-6-5-3-1;1-2-4-5-3-1/h1-5H;1,3H,2,4H2. The second kappa shape index (κ2) is 5.98. The molecule has 0 amide bonds. The lowest BCUT2D eigenvalue weighted by Gasteiger charge is -1.70. The lowest BCUT2D eigenvalue weighted by atomic mass is 10.5. The summed E-state index contributed by atoms with van der Waals surface area (Å²) >= 11 is 1.89. The second-order valence-electron chi connectivity index (χ2n) is 2.06. The number of nitrogens with zero attached hydrogens (tertiary/aromatic N) is 1. The summed E-state index contributed by atoms with van der Waals surface area (Å²) < 4.78 is 0.